The number of carbonyl (C=O) groups is 2. The van der Waals surface area contributed by atoms with Gasteiger partial charge in [-0.05, 0) is 61.4 Å². The van der Waals surface area contributed by atoms with Gasteiger partial charge < -0.3 is 14.6 Å². The first-order valence-electron chi connectivity index (χ1n) is 9.32. The molecule has 6 heteroatoms. The topological polar surface area (TPSA) is 85.7 Å². The van der Waals surface area contributed by atoms with Crippen LogP contribution < -0.4 is 4.74 Å². The van der Waals surface area contributed by atoms with Crippen molar-refractivity contribution in [2.24, 2.45) is 0 Å². The quantitative estimate of drug-likeness (QED) is 0.304. The molecule has 0 spiro atoms. The molecule has 3 aromatic carbocycles. The molecule has 30 heavy (non-hydrogen) atoms. The third-order valence-electron chi connectivity index (χ3n) is 4.94. The van der Waals surface area contributed by atoms with Crippen molar-refractivity contribution in [2.75, 3.05) is 7.11 Å². The highest BCUT2D eigenvalue weighted by atomic mass is 16.5. The second-order valence-corrected chi connectivity index (χ2v) is 7.03. The maximum absolute atomic E-state index is 13.3. The summed E-state index contributed by atoms with van der Waals surface area (Å²) in [5, 5.41) is 11.1. The lowest BCUT2D eigenvalue weighted by molar-refractivity contribution is 0.0600. The number of hydrogen-bond donors (Lipinski definition) is 1. The summed E-state index contributed by atoms with van der Waals surface area (Å²) in [6, 6.07) is 15.2. The maximum atomic E-state index is 13.3. The van der Waals surface area contributed by atoms with Crippen LogP contribution in [-0.4, -0.2) is 29.1 Å². The maximum Gasteiger partial charge on any atom is 0.344 e. The molecule has 1 N–H and O–H groups in total. The zero-order valence-electron chi connectivity index (χ0n) is 16.7. The van der Waals surface area contributed by atoms with E-state index in [1.54, 1.807) is 38.1 Å². The van der Waals surface area contributed by atoms with Gasteiger partial charge in [0, 0.05) is 10.8 Å². The molecule has 0 saturated carbocycles. The molecule has 0 amide bonds. The second-order valence-electron chi connectivity index (χ2n) is 7.03. The van der Waals surface area contributed by atoms with Crippen molar-refractivity contribution in [3.05, 3.63) is 76.9 Å². The number of esters is 2. The van der Waals surface area contributed by atoms with Gasteiger partial charge in [-0.25, -0.2) is 14.6 Å². The number of nitrogens with zero attached hydrogens (tertiary/aromatic N) is 1. The van der Waals surface area contributed by atoms with Gasteiger partial charge in [0.05, 0.1) is 29.3 Å². The van der Waals surface area contributed by atoms with E-state index >= 15 is 0 Å². The Kier molecular flexibility index (Phi) is 4.83. The van der Waals surface area contributed by atoms with Gasteiger partial charge in [-0.15, -0.1) is 0 Å². The number of rotatable bonds is 3. The van der Waals surface area contributed by atoms with Crippen molar-refractivity contribution in [3.63, 3.8) is 0 Å². The Morgan fingerprint density at radius 3 is 2.23 bits per heavy atom. The van der Waals surface area contributed by atoms with Crippen LogP contribution in [0.3, 0.4) is 0 Å². The highest BCUT2D eigenvalue weighted by Crippen LogP contribution is 2.31. The predicted octanol–water partition coefficient (Wildman–Crippen LogP) is 4.72. The number of carbonyl (C=O) groups excluding carboxylic acids is 2. The number of hydrogen-bond acceptors (Lipinski definition) is 6. The van der Waals surface area contributed by atoms with Gasteiger partial charge in [0.15, 0.2) is 0 Å². The zero-order valence-corrected chi connectivity index (χ0v) is 16.7. The number of methoxy groups -OCH3 is 1. The van der Waals surface area contributed by atoms with Crippen molar-refractivity contribution < 1.29 is 24.2 Å². The van der Waals surface area contributed by atoms with Gasteiger partial charge in [-0.2, -0.15) is 0 Å². The summed E-state index contributed by atoms with van der Waals surface area (Å²) in [5.41, 5.74) is 3.20. The lowest BCUT2D eigenvalue weighted by atomic mass is 10.0. The minimum atomic E-state index is -0.568. The van der Waals surface area contributed by atoms with Crippen LogP contribution in [0.1, 0.15) is 31.8 Å². The standard InChI is InChI=1S/C24H19NO5/c1-13-10-15(23(27)29-3)11-14(2)22(13)30-24(28)21-17-6-4-5-7-19(17)25-20-9-8-16(26)12-18(20)21/h4-12,26H,1-3H3. The molecule has 0 fully saturated rings. The first-order chi connectivity index (χ1) is 14.4. The molecule has 4 rings (SSSR count). The van der Waals surface area contributed by atoms with Gasteiger partial charge in [-0.3, -0.25) is 0 Å². The van der Waals surface area contributed by atoms with E-state index in [0.29, 0.717) is 49.8 Å². The summed E-state index contributed by atoms with van der Waals surface area (Å²) >= 11 is 0. The molecule has 4 aromatic rings. The average molecular weight is 401 g/mol. The first-order valence-corrected chi connectivity index (χ1v) is 9.32. The number of benzene rings is 3. The van der Waals surface area contributed by atoms with Crippen LogP contribution >= 0.6 is 0 Å². The summed E-state index contributed by atoms with van der Waals surface area (Å²) < 4.78 is 10.6. The molecule has 1 heterocycles. The van der Waals surface area contributed by atoms with Crippen LogP contribution in [-0.2, 0) is 4.74 Å². The van der Waals surface area contributed by atoms with E-state index in [0.717, 1.165) is 0 Å². The number of aryl methyl sites for hydroxylation is 2. The Balaban J connectivity index is 1.86. The minimum absolute atomic E-state index is 0.0309. The smallest absolute Gasteiger partial charge is 0.344 e. The molecule has 6 nitrogen and oxygen atoms in total. The van der Waals surface area contributed by atoms with Gasteiger partial charge in [0.1, 0.15) is 11.5 Å². The summed E-state index contributed by atoms with van der Waals surface area (Å²) in [7, 11) is 1.32. The summed E-state index contributed by atoms with van der Waals surface area (Å²) in [6.07, 6.45) is 0. The highest BCUT2D eigenvalue weighted by molar-refractivity contribution is 6.15. The largest absolute Gasteiger partial charge is 0.508 e. The van der Waals surface area contributed by atoms with Crippen LogP contribution in [0.2, 0.25) is 0 Å². The number of aromatic hydroxyl groups is 1. The van der Waals surface area contributed by atoms with Crippen molar-refractivity contribution in [1.82, 2.24) is 4.98 Å². The van der Waals surface area contributed by atoms with E-state index in [4.69, 9.17) is 9.47 Å². The van der Waals surface area contributed by atoms with E-state index in [9.17, 15) is 14.7 Å². The fraction of sp³-hybridized carbons (Fsp3) is 0.125. The Labute approximate surface area is 172 Å². The fourth-order valence-electron chi connectivity index (χ4n) is 3.59. The van der Waals surface area contributed by atoms with Crippen molar-refractivity contribution in [1.29, 1.82) is 0 Å². The third kappa shape index (κ3) is 3.33. The van der Waals surface area contributed by atoms with E-state index in [-0.39, 0.29) is 5.75 Å². The van der Waals surface area contributed by atoms with Crippen LogP contribution in [0, 0.1) is 13.8 Å². The lowest BCUT2D eigenvalue weighted by Crippen LogP contribution is -2.13. The van der Waals surface area contributed by atoms with Crippen LogP contribution in [0.15, 0.2) is 54.6 Å². The molecule has 0 radical (unpaired) electrons. The molecule has 0 aliphatic heterocycles. The fourth-order valence-corrected chi connectivity index (χ4v) is 3.59. The monoisotopic (exact) mass is 401 g/mol. The molecule has 1 aromatic heterocycles. The van der Waals surface area contributed by atoms with Crippen molar-refractivity contribution in [2.45, 2.75) is 13.8 Å². The van der Waals surface area contributed by atoms with E-state index < -0.39 is 11.9 Å². The second kappa shape index (κ2) is 7.48. The van der Waals surface area contributed by atoms with Gasteiger partial charge >= 0.3 is 11.9 Å². The average Bonchev–Trinajstić information content (AvgIpc) is 2.73. The Morgan fingerprint density at radius 1 is 0.867 bits per heavy atom. The number of phenolic OH excluding ortho intramolecular Hbond substituents is 1. The van der Waals surface area contributed by atoms with Crippen LogP contribution in [0.4, 0.5) is 0 Å². The molecule has 150 valence electrons. The summed E-state index contributed by atoms with van der Waals surface area (Å²) in [5.74, 6) is -0.618. The highest BCUT2D eigenvalue weighted by Gasteiger charge is 2.21. The van der Waals surface area contributed by atoms with Gasteiger partial charge in [0.2, 0.25) is 0 Å². The Hall–Kier alpha value is -3.93. The number of fused-ring (bicyclic) bond motifs is 2. The van der Waals surface area contributed by atoms with Crippen molar-refractivity contribution in [3.8, 4) is 11.5 Å². The number of ether oxygens (including phenoxy) is 2. The Morgan fingerprint density at radius 2 is 1.53 bits per heavy atom. The summed E-state index contributed by atoms with van der Waals surface area (Å²) in [6.45, 7) is 3.52. The number of para-hydroxylation sites is 1. The predicted molar refractivity (Wildman–Crippen MR) is 113 cm³/mol. The minimum Gasteiger partial charge on any atom is -0.508 e. The lowest BCUT2D eigenvalue weighted by Gasteiger charge is -2.14. The number of aromatic nitrogens is 1. The molecule has 0 atom stereocenters. The SMILES string of the molecule is COC(=O)c1cc(C)c(OC(=O)c2c3ccccc3nc3ccc(O)cc23)c(C)c1. The normalized spacial score (nSPS) is 10.9. The van der Waals surface area contributed by atoms with E-state index in [1.807, 2.05) is 18.2 Å². The first kappa shape index (κ1) is 19.4. The molecular weight excluding hydrogens is 382 g/mol. The molecular formula is C24H19NO5. The zero-order chi connectivity index (χ0) is 21.4. The molecule has 0 saturated heterocycles. The molecule has 0 aliphatic carbocycles. The number of phenols is 1. The van der Waals surface area contributed by atoms with Gasteiger partial charge in [-0.1, -0.05) is 18.2 Å². The number of pyridine rings is 1. The van der Waals surface area contributed by atoms with E-state index in [2.05, 4.69) is 4.98 Å². The van der Waals surface area contributed by atoms with Gasteiger partial charge in [0.25, 0.3) is 0 Å². The third-order valence-corrected chi connectivity index (χ3v) is 4.94. The molecule has 0 aliphatic rings. The summed E-state index contributed by atoms with van der Waals surface area (Å²) in [4.78, 5) is 29.7. The van der Waals surface area contributed by atoms with Crippen LogP contribution in [0.5, 0.6) is 11.5 Å². The van der Waals surface area contributed by atoms with Crippen molar-refractivity contribution >= 4 is 33.7 Å². The molecule has 0 unspecified atom stereocenters. The molecule has 0 bridgehead atoms. The Bertz CT molecular complexity index is 1300. The van der Waals surface area contributed by atoms with E-state index in [1.165, 1.54) is 19.2 Å². The van der Waals surface area contributed by atoms with Crippen LogP contribution in [0.25, 0.3) is 21.8 Å².